The summed E-state index contributed by atoms with van der Waals surface area (Å²) in [4.78, 5) is 2.21. The number of thiol groups is 1. The largest absolute Gasteiger partial charge is 0.398 e. The predicted molar refractivity (Wildman–Crippen MR) is 66.1 cm³/mol. The molecular weight excluding hydrogens is 266 g/mol. The number of fused-ring (bicyclic) bond motifs is 1. The minimum Gasteiger partial charge on any atom is -0.398 e. The highest BCUT2D eigenvalue weighted by Gasteiger charge is 2.04. The average Bonchev–Trinajstić information content (AvgIpc) is 2.47. The molecule has 0 radical (unpaired) electrons. The van der Waals surface area contributed by atoms with Crippen LogP contribution in [0.25, 0.3) is 10.1 Å². The van der Waals surface area contributed by atoms with E-state index in [1.54, 1.807) is 11.3 Å². The molecule has 0 aliphatic carbocycles. The molecule has 0 amide bonds. The third kappa shape index (κ3) is 1.71. The zero-order valence-corrected chi connectivity index (χ0v) is 10.0. The quantitative estimate of drug-likeness (QED) is 0.463. The van der Waals surface area contributed by atoms with E-state index >= 15 is 0 Å². The van der Waals surface area contributed by atoms with Gasteiger partial charge in [-0.05, 0) is 23.6 Å². The molecule has 1 aromatic heterocycles. The Hall–Kier alpha value is -0.190. The van der Waals surface area contributed by atoms with Gasteiger partial charge in [-0.1, -0.05) is 15.9 Å². The van der Waals surface area contributed by atoms with Gasteiger partial charge in [-0.15, -0.1) is 24.0 Å². The number of nitrogen functional groups attached to an aromatic ring is 1. The van der Waals surface area contributed by atoms with Gasteiger partial charge in [0.15, 0.2) is 0 Å². The summed E-state index contributed by atoms with van der Waals surface area (Å²) < 4.78 is 1.16. The topological polar surface area (TPSA) is 26.0 Å². The van der Waals surface area contributed by atoms with Gasteiger partial charge in [-0.3, -0.25) is 0 Å². The normalized spacial score (nSPS) is 10.9. The van der Waals surface area contributed by atoms with Gasteiger partial charge in [0.2, 0.25) is 0 Å². The Morgan fingerprint density at radius 1 is 1.38 bits per heavy atom. The molecule has 2 rings (SSSR count). The number of rotatable bonds is 1. The van der Waals surface area contributed by atoms with Crippen LogP contribution >= 0.6 is 39.9 Å². The molecule has 2 aromatic rings. The second-order valence-corrected chi connectivity index (χ2v) is 5.01. The van der Waals surface area contributed by atoms with Crippen LogP contribution < -0.4 is 5.73 Å². The van der Waals surface area contributed by atoms with Crippen LogP contribution in [0.2, 0.25) is 0 Å². The lowest BCUT2D eigenvalue weighted by molar-refractivity contribution is 1.53. The highest BCUT2D eigenvalue weighted by molar-refractivity contribution is 9.08. The van der Waals surface area contributed by atoms with E-state index in [0.29, 0.717) is 0 Å². The van der Waals surface area contributed by atoms with E-state index in [0.717, 1.165) is 20.6 Å². The van der Waals surface area contributed by atoms with Crippen molar-refractivity contribution in [2.75, 3.05) is 5.73 Å². The number of anilines is 1. The highest BCUT2D eigenvalue weighted by atomic mass is 79.9. The summed E-state index contributed by atoms with van der Waals surface area (Å²) >= 11 is 9.44. The smallest absolute Gasteiger partial charge is 0.0576 e. The van der Waals surface area contributed by atoms with Crippen molar-refractivity contribution in [3.05, 3.63) is 23.1 Å². The van der Waals surface area contributed by atoms with E-state index in [-0.39, 0.29) is 0 Å². The molecular formula is C9H8BrNS2. The maximum atomic E-state index is 5.87. The average molecular weight is 274 g/mol. The van der Waals surface area contributed by atoms with Crippen molar-refractivity contribution < 1.29 is 0 Å². The van der Waals surface area contributed by atoms with E-state index in [4.69, 9.17) is 5.73 Å². The van der Waals surface area contributed by atoms with Crippen molar-refractivity contribution in [2.45, 2.75) is 10.2 Å². The summed E-state index contributed by atoms with van der Waals surface area (Å²) in [6, 6.07) is 6.07. The fraction of sp³-hybridized carbons (Fsp3) is 0.111. The first kappa shape index (κ1) is 9.37. The van der Waals surface area contributed by atoms with E-state index < -0.39 is 0 Å². The van der Waals surface area contributed by atoms with E-state index in [9.17, 15) is 0 Å². The van der Waals surface area contributed by atoms with Crippen LogP contribution in [0.4, 0.5) is 5.69 Å². The standard InChI is InChI=1S/C9H8BrNS2/c10-4-7-2-5-1-6(12)3-8(11)9(5)13-7/h1-3,12H,4,11H2. The van der Waals surface area contributed by atoms with E-state index in [1.807, 2.05) is 12.1 Å². The first-order valence-electron chi connectivity index (χ1n) is 3.77. The number of thiophene rings is 1. The van der Waals surface area contributed by atoms with Crippen LogP contribution in [0.15, 0.2) is 23.1 Å². The maximum absolute atomic E-state index is 5.87. The van der Waals surface area contributed by atoms with Crippen molar-refractivity contribution in [1.29, 1.82) is 0 Å². The summed E-state index contributed by atoms with van der Waals surface area (Å²) in [6.45, 7) is 0. The van der Waals surface area contributed by atoms with Gasteiger partial charge in [0.25, 0.3) is 0 Å². The molecule has 0 aliphatic heterocycles. The van der Waals surface area contributed by atoms with Gasteiger partial charge in [0.1, 0.15) is 0 Å². The lowest BCUT2D eigenvalue weighted by atomic mass is 10.2. The molecule has 0 fully saturated rings. The summed E-state index contributed by atoms with van der Waals surface area (Å²) in [6.07, 6.45) is 0. The number of hydrogen-bond acceptors (Lipinski definition) is 3. The van der Waals surface area contributed by atoms with Crippen LogP contribution in [-0.4, -0.2) is 0 Å². The van der Waals surface area contributed by atoms with Gasteiger partial charge in [0, 0.05) is 15.1 Å². The fourth-order valence-electron chi connectivity index (χ4n) is 1.28. The van der Waals surface area contributed by atoms with Crippen molar-refractivity contribution in [2.24, 2.45) is 0 Å². The molecule has 0 aliphatic rings. The van der Waals surface area contributed by atoms with Crippen molar-refractivity contribution in [3.63, 3.8) is 0 Å². The van der Waals surface area contributed by atoms with Crippen molar-refractivity contribution >= 4 is 55.7 Å². The number of halogens is 1. The van der Waals surface area contributed by atoms with Crippen LogP contribution in [-0.2, 0) is 5.33 Å². The van der Waals surface area contributed by atoms with Gasteiger partial charge in [-0.2, -0.15) is 0 Å². The lowest BCUT2D eigenvalue weighted by Gasteiger charge is -1.96. The minimum atomic E-state index is 0.819. The Bertz CT molecular complexity index is 450. The Morgan fingerprint density at radius 2 is 2.15 bits per heavy atom. The predicted octanol–water partition coefficient (Wildman–Crippen LogP) is 3.67. The third-order valence-electron chi connectivity index (χ3n) is 1.81. The molecule has 0 saturated heterocycles. The summed E-state index contributed by atoms with van der Waals surface area (Å²) in [5.74, 6) is 0. The Labute approximate surface area is 94.5 Å². The first-order chi connectivity index (χ1) is 6.20. The SMILES string of the molecule is Nc1cc(S)cc2cc(CBr)sc12. The van der Waals surface area contributed by atoms with Crippen molar-refractivity contribution in [3.8, 4) is 0 Å². The molecule has 13 heavy (non-hydrogen) atoms. The summed E-state index contributed by atoms with van der Waals surface area (Å²) in [5, 5.41) is 2.07. The van der Waals surface area contributed by atoms with Crippen LogP contribution in [0.1, 0.15) is 4.88 Å². The van der Waals surface area contributed by atoms with Crippen LogP contribution in [0.3, 0.4) is 0 Å². The Morgan fingerprint density at radius 3 is 2.85 bits per heavy atom. The van der Waals surface area contributed by atoms with Gasteiger partial charge in [-0.25, -0.2) is 0 Å². The highest BCUT2D eigenvalue weighted by Crippen LogP contribution is 2.33. The lowest BCUT2D eigenvalue weighted by Crippen LogP contribution is -1.83. The number of benzene rings is 1. The molecule has 0 atom stereocenters. The molecule has 0 bridgehead atoms. The van der Waals surface area contributed by atoms with Gasteiger partial charge >= 0.3 is 0 Å². The minimum absolute atomic E-state index is 0.819. The Kier molecular flexibility index (Phi) is 2.53. The van der Waals surface area contributed by atoms with E-state index in [1.165, 1.54) is 10.3 Å². The molecule has 0 saturated carbocycles. The second-order valence-electron chi connectivity index (χ2n) is 2.80. The molecule has 1 aromatic carbocycles. The molecule has 68 valence electrons. The first-order valence-corrected chi connectivity index (χ1v) is 6.16. The molecule has 1 nitrogen and oxygen atoms in total. The zero-order valence-electron chi connectivity index (χ0n) is 6.75. The van der Waals surface area contributed by atoms with E-state index in [2.05, 4.69) is 34.6 Å². The maximum Gasteiger partial charge on any atom is 0.0576 e. The molecule has 2 N–H and O–H groups in total. The molecule has 4 heteroatoms. The van der Waals surface area contributed by atoms with Gasteiger partial charge in [0.05, 0.1) is 10.4 Å². The van der Waals surface area contributed by atoms with Gasteiger partial charge < -0.3 is 5.73 Å². The van der Waals surface area contributed by atoms with Crippen LogP contribution in [0.5, 0.6) is 0 Å². The second kappa shape index (κ2) is 3.52. The monoisotopic (exact) mass is 273 g/mol. The fourth-order valence-corrected chi connectivity index (χ4v) is 2.98. The zero-order chi connectivity index (χ0) is 9.42. The number of nitrogens with two attached hydrogens (primary N) is 1. The molecule has 1 heterocycles. The van der Waals surface area contributed by atoms with Crippen molar-refractivity contribution in [1.82, 2.24) is 0 Å². The summed E-state index contributed by atoms with van der Waals surface area (Å²) in [7, 11) is 0. The number of alkyl halides is 1. The molecule has 0 spiro atoms. The Balaban J connectivity index is 2.75. The third-order valence-corrected chi connectivity index (χ3v) is 4.25. The molecule has 0 unspecified atom stereocenters. The number of hydrogen-bond donors (Lipinski definition) is 2. The van der Waals surface area contributed by atoms with Crippen LogP contribution in [0, 0.1) is 0 Å². The summed E-state index contributed by atoms with van der Waals surface area (Å²) in [5.41, 5.74) is 6.69.